The molecule has 5 nitrogen and oxygen atoms in total. The molecule has 0 aromatic carbocycles. The van der Waals surface area contributed by atoms with E-state index in [1.54, 1.807) is 7.11 Å². The second-order valence-electron chi connectivity index (χ2n) is 5.86. The van der Waals surface area contributed by atoms with Crippen LogP contribution in [0.15, 0.2) is 0 Å². The Hall–Kier alpha value is -0.170. The molecule has 1 saturated heterocycles. The Morgan fingerprint density at radius 2 is 2.00 bits per heavy atom. The van der Waals surface area contributed by atoms with Crippen LogP contribution in [0.5, 0.6) is 0 Å². The van der Waals surface area contributed by atoms with Crippen LogP contribution in [0.1, 0.15) is 46.0 Å². The van der Waals surface area contributed by atoms with Gasteiger partial charge in [-0.2, -0.15) is 0 Å². The summed E-state index contributed by atoms with van der Waals surface area (Å²) in [6, 6.07) is 0. The Labute approximate surface area is 123 Å². The quantitative estimate of drug-likeness (QED) is 0.776. The molecule has 0 aromatic rings. The highest BCUT2D eigenvalue weighted by molar-refractivity contribution is 7.88. The van der Waals surface area contributed by atoms with Crippen LogP contribution in [-0.2, 0) is 14.8 Å². The Morgan fingerprint density at radius 3 is 2.45 bits per heavy atom. The molecule has 0 radical (unpaired) electrons. The van der Waals surface area contributed by atoms with Gasteiger partial charge in [-0.3, -0.25) is 0 Å². The van der Waals surface area contributed by atoms with E-state index in [0.717, 1.165) is 25.7 Å². The van der Waals surface area contributed by atoms with Gasteiger partial charge in [0.15, 0.2) is 0 Å². The van der Waals surface area contributed by atoms with E-state index in [1.807, 2.05) is 13.8 Å². The van der Waals surface area contributed by atoms with Crippen molar-refractivity contribution in [3.05, 3.63) is 0 Å². The summed E-state index contributed by atoms with van der Waals surface area (Å²) < 4.78 is 30.3. The minimum atomic E-state index is -3.13. The molecule has 2 unspecified atom stereocenters. The number of aliphatic hydroxyl groups is 1. The number of ether oxygens (including phenoxy) is 1. The maximum absolute atomic E-state index is 11.6. The van der Waals surface area contributed by atoms with Crippen LogP contribution in [0.2, 0.25) is 0 Å². The van der Waals surface area contributed by atoms with Crippen LogP contribution >= 0.6 is 0 Å². The van der Waals surface area contributed by atoms with E-state index in [1.165, 1.54) is 10.6 Å². The molecular formula is C14H29NO4S. The molecule has 2 atom stereocenters. The number of aliphatic hydroxyl groups excluding tert-OH is 1. The summed E-state index contributed by atoms with van der Waals surface area (Å²) in [5.41, 5.74) is -0.507. The first-order chi connectivity index (χ1) is 9.29. The van der Waals surface area contributed by atoms with Gasteiger partial charge in [0.2, 0.25) is 10.0 Å². The van der Waals surface area contributed by atoms with E-state index in [0.29, 0.717) is 19.5 Å². The van der Waals surface area contributed by atoms with Crippen molar-refractivity contribution < 1.29 is 18.3 Å². The molecule has 0 bridgehead atoms. The fraction of sp³-hybridized carbons (Fsp3) is 1.00. The predicted octanol–water partition coefficient (Wildman–Crippen LogP) is 1.61. The first-order valence-electron chi connectivity index (χ1n) is 7.47. The largest absolute Gasteiger partial charge is 0.390 e. The number of hydrogen-bond donors (Lipinski definition) is 1. The lowest BCUT2D eigenvalue weighted by Gasteiger charge is -2.39. The van der Waals surface area contributed by atoms with Crippen molar-refractivity contribution in [3.63, 3.8) is 0 Å². The fourth-order valence-electron chi connectivity index (χ4n) is 3.20. The van der Waals surface area contributed by atoms with Crippen LogP contribution < -0.4 is 0 Å². The number of methoxy groups -OCH3 is 1. The zero-order chi connectivity index (χ0) is 15.4. The van der Waals surface area contributed by atoms with Crippen molar-refractivity contribution in [3.8, 4) is 0 Å². The molecule has 1 N–H and O–H groups in total. The summed E-state index contributed by atoms with van der Waals surface area (Å²) in [5.74, 6) is 0.209. The highest BCUT2D eigenvalue weighted by Gasteiger charge is 2.37. The van der Waals surface area contributed by atoms with E-state index >= 15 is 0 Å². The highest BCUT2D eigenvalue weighted by Crippen LogP contribution is 2.31. The summed E-state index contributed by atoms with van der Waals surface area (Å²) in [7, 11) is -1.49. The summed E-state index contributed by atoms with van der Waals surface area (Å²) in [5, 5.41) is 10.5. The third-order valence-electron chi connectivity index (χ3n) is 4.72. The van der Waals surface area contributed by atoms with Crippen LogP contribution in [0, 0.1) is 5.92 Å². The molecule has 0 amide bonds. The van der Waals surface area contributed by atoms with Crippen molar-refractivity contribution in [2.45, 2.75) is 57.7 Å². The number of rotatable bonds is 7. The van der Waals surface area contributed by atoms with E-state index < -0.39 is 21.7 Å². The monoisotopic (exact) mass is 307 g/mol. The second kappa shape index (κ2) is 7.20. The van der Waals surface area contributed by atoms with Crippen LogP contribution in [0.25, 0.3) is 0 Å². The van der Waals surface area contributed by atoms with Gasteiger partial charge in [0.1, 0.15) is 0 Å². The van der Waals surface area contributed by atoms with Crippen LogP contribution in [-0.4, -0.2) is 56.0 Å². The third kappa shape index (κ3) is 4.16. The first-order valence-corrected chi connectivity index (χ1v) is 9.32. The average Bonchev–Trinajstić information content (AvgIpc) is 2.41. The molecule has 1 heterocycles. The van der Waals surface area contributed by atoms with Crippen molar-refractivity contribution in [2.75, 3.05) is 26.5 Å². The maximum atomic E-state index is 11.6. The number of hydrogen-bond acceptors (Lipinski definition) is 4. The third-order valence-corrected chi connectivity index (χ3v) is 5.99. The van der Waals surface area contributed by atoms with Gasteiger partial charge in [-0.05, 0) is 38.0 Å². The highest BCUT2D eigenvalue weighted by atomic mass is 32.2. The Bertz CT molecular complexity index is 384. The van der Waals surface area contributed by atoms with Gasteiger partial charge < -0.3 is 9.84 Å². The minimum Gasteiger partial charge on any atom is -0.390 e. The number of piperidine rings is 1. The molecule has 120 valence electrons. The topological polar surface area (TPSA) is 66.8 Å². The van der Waals surface area contributed by atoms with Crippen molar-refractivity contribution >= 4 is 10.0 Å². The Morgan fingerprint density at radius 1 is 1.40 bits per heavy atom. The van der Waals surface area contributed by atoms with Crippen molar-refractivity contribution in [2.24, 2.45) is 5.92 Å². The van der Waals surface area contributed by atoms with Gasteiger partial charge >= 0.3 is 0 Å². The molecule has 1 rings (SSSR count). The Kier molecular flexibility index (Phi) is 6.44. The molecule has 0 spiro atoms. The lowest BCUT2D eigenvalue weighted by molar-refractivity contribution is -0.115. The molecule has 0 aliphatic carbocycles. The predicted molar refractivity (Wildman–Crippen MR) is 80.1 cm³/mol. The molecule has 0 saturated carbocycles. The van der Waals surface area contributed by atoms with E-state index in [4.69, 9.17) is 4.74 Å². The zero-order valence-electron chi connectivity index (χ0n) is 13.1. The van der Waals surface area contributed by atoms with E-state index in [9.17, 15) is 13.5 Å². The van der Waals surface area contributed by atoms with Gasteiger partial charge in [-0.25, -0.2) is 12.7 Å². The Balaban J connectivity index is 2.68. The van der Waals surface area contributed by atoms with E-state index in [-0.39, 0.29) is 5.92 Å². The van der Waals surface area contributed by atoms with E-state index in [2.05, 4.69) is 0 Å². The summed E-state index contributed by atoms with van der Waals surface area (Å²) in [6.07, 6.45) is 4.64. The van der Waals surface area contributed by atoms with Crippen molar-refractivity contribution in [1.82, 2.24) is 4.31 Å². The zero-order valence-corrected chi connectivity index (χ0v) is 13.9. The first kappa shape index (κ1) is 17.9. The lowest BCUT2D eigenvalue weighted by Crippen LogP contribution is -2.46. The van der Waals surface area contributed by atoms with Gasteiger partial charge in [-0.15, -0.1) is 0 Å². The van der Waals surface area contributed by atoms with Crippen molar-refractivity contribution in [1.29, 1.82) is 0 Å². The molecule has 6 heteroatoms. The fourth-order valence-corrected chi connectivity index (χ4v) is 4.14. The van der Waals surface area contributed by atoms with Gasteiger partial charge in [0.25, 0.3) is 0 Å². The minimum absolute atomic E-state index is 0.209. The summed E-state index contributed by atoms with van der Waals surface area (Å²) in [4.78, 5) is 0. The molecule has 1 fully saturated rings. The number of nitrogens with zero attached hydrogens (tertiary/aromatic N) is 1. The number of sulfonamides is 1. The van der Waals surface area contributed by atoms with Crippen LogP contribution in [0.4, 0.5) is 0 Å². The average molecular weight is 307 g/mol. The standard InChI is InChI=1S/C14H29NO4S/c1-5-14(6-2,19-3)13(16)10-12-8-7-9-15(11-12)20(4,17)18/h12-13,16H,5-11H2,1-4H3. The molecule has 0 aromatic heterocycles. The SMILES string of the molecule is CCC(CC)(OC)C(O)CC1CCCN(S(C)(=O)=O)C1. The maximum Gasteiger partial charge on any atom is 0.211 e. The summed E-state index contributed by atoms with van der Waals surface area (Å²) in [6.45, 7) is 5.14. The molecular weight excluding hydrogens is 278 g/mol. The van der Waals surface area contributed by atoms with Gasteiger partial charge in [-0.1, -0.05) is 13.8 Å². The summed E-state index contributed by atoms with van der Waals surface area (Å²) >= 11 is 0. The van der Waals surface area contributed by atoms with Gasteiger partial charge in [0.05, 0.1) is 18.0 Å². The molecule has 1 aliphatic heterocycles. The van der Waals surface area contributed by atoms with Crippen LogP contribution in [0.3, 0.4) is 0 Å². The molecule has 20 heavy (non-hydrogen) atoms. The second-order valence-corrected chi connectivity index (χ2v) is 7.84. The smallest absolute Gasteiger partial charge is 0.211 e. The lowest BCUT2D eigenvalue weighted by atomic mass is 9.83. The normalized spacial score (nSPS) is 23.8. The van der Waals surface area contributed by atoms with Gasteiger partial charge in [0, 0.05) is 20.2 Å². The molecule has 1 aliphatic rings.